The SMILES string of the molecule is CC.CC(O)C1(C=O)CCCCC1.CO. The molecule has 0 bridgehead atoms. The highest BCUT2D eigenvalue weighted by atomic mass is 16.3. The van der Waals surface area contributed by atoms with Crippen molar-refractivity contribution in [2.24, 2.45) is 5.41 Å². The summed E-state index contributed by atoms with van der Waals surface area (Å²) in [5.41, 5.74) is -0.405. The number of hydrogen-bond acceptors (Lipinski definition) is 3. The maximum absolute atomic E-state index is 10.8. The molecular weight excluding hydrogens is 192 g/mol. The molecule has 1 rings (SSSR count). The molecule has 0 amide bonds. The molecule has 1 fully saturated rings. The van der Waals surface area contributed by atoms with Gasteiger partial charge in [-0.3, -0.25) is 0 Å². The fraction of sp³-hybridized carbons (Fsp3) is 0.917. The fourth-order valence-electron chi connectivity index (χ4n) is 1.84. The fourth-order valence-corrected chi connectivity index (χ4v) is 1.84. The van der Waals surface area contributed by atoms with Gasteiger partial charge in [0.25, 0.3) is 0 Å². The van der Waals surface area contributed by atoms with Crippen molar-refractivity contribution in [2.45, 2.75) is 59.0 Å². The Morgan fingerprint density at radius 2 is 1.53 bits per heavy atom. The topological polar surface area (TPSA) is 57.5 Å². The number of hydrogen-bond donors (Lipinski definition) is 2. The van der Waals surface area contributed by atoms with Crippen molar-refractivity contribution >= 4 is 6.29 Å². The Hall–Kier alpha value is -0.410. The van der Waals surface area contributed by atoms with Crippen LogP contribution in [0.2, 0.25) is 0 Å². The Labute approximate surface area is 93.5 Å². The Kier molecular flexibility index (Phi) is 11.5. The molecule has 1 unspecified atom stereocenters. The van der Waals surface area contributed by atoms with E-state index in [1.807, 2.05) is 13.8 Å². The van der Waals surface area contributed by atoms with Crippen LogP contribution in [-0.2, 0) is 4.79 Å². The van der Waals surface area contributed by atoms with Crippen molar-refractivity contribution in [2.75, 3.05) is 7.11 Å². The number of aliphatic hydroxyl groups is 2. The predicted octanol–water partition coefficient (Wildman–Crippen LogP) is 2.15. The van der Waals surface area contributed by atoms with Gasteiger partial charge in [-0.2, -0.15) is 0 Å². The molecule has 2 N–H and O–H groups in total. The van der Waals surface area contributed by atoms with Gasteiger partial charge < -0.3 is 15.0 Å². The smallest absolute Gasteiger partial charge is 0.128 e. The second kappa shape index (κ2) is 10.1. The van der Waals surface area contributed by atoms with Gasteiger partial charge in [0.2, 0.25) is 0 Å². The molecule has 0 aromatic heterocycles. The van der Waals surface area contributed by atoms with Gasteiger partial charge in [0, 0.05) is 7.11 Å². The summed E-state index contributed by atoms with van der Waals surface area (Å²) in [5.74, 6) is 0. The van der Waals surface area contributed by atoms with E-state index in [4.69, 9.17) is 5.11 Å². The first-order valence-corrected chi connectivity index (χ1v) is 5.80. The molecule has 3 nitrogen and oxygen atoms in total. The van der Waals surface area contributed by atoms with Crippen LogP contribution in [0.25, 0.3) is 0 Å². The monoisotopic (exact) mass is 218 g/mol. The van der Waals surface area contributed by atoms with E-state index in [1.165, 1.54) is 6.42 Å². The van der Waals surface area contributed by atoms with E-state index in [-0.39, 0.29) is 0 Å². The lowest BCUT2D eigenvalue weighted by atomic mass is 9.72. The second-order valence-corrected chi connectivity index (χ2v) is 3.59. The Morgan fingerprint density at radius 1 is 1.13 bits per heavy atom. The zero-order valence-electron chi connectivity index (χ0n) is 10.5. The van der Waals surface area contributed by atoms with Crippen LogP contribution < -0.4 is 0 Å². The Balaban J connectivity index is 0. The first-order valence-electron chi connectivity index (χ1n) is 5.80. The van der Waals surface area contributed by atoms with E-state index in [2.05, 4.69) is 0 Å². The predicted molar refractivity (Wildman–Crippen MR) is 62.8 cm³/mol. The molecule has 92 valence electrons. The van der Waals surface area contributed by atoms with E-state index >= 15 is 0 Å². The zero-order chi connectivity index (χ0) is 12.3. The summed E-state index contributed by atoms with van der Waals surface area (Å²) < 4.78 is 0. The van der Waals surface area contributed by atoms with Crippen molar-refractivity contribution in [3.8, 4) is 0 Å². The summed E-state index contributed by atoms with van der Waals surface area (Å²) >= 11 is 0. The maximum Gasteiger partial charge on any atom is 0.128 e. The van der Waals surface area contributed by atoms with Crippen LogP contribution in [0.4, 0.5) is 0 Å². The van der Waals surface area contributed by atoms with Crippen LogP contribution >= 0.6 is 0 Å². The third-order valence-electron chi connectivity index (χ3n) is 2.85. The van der Waals surface area contributed by atoms with Crippen molar-refractivity contribution in [3.63, 3.8) is 0 Å². The molecule has 0 aromatic carbocycles. The summed E-state index contributed by atoms with van der Waals surface area (Å²) in [6.07, 6.45) is 5.61. The molecule has 0 radical (unpaired) electrons. The lowest BCUT2D eigenvalue weighted by Gasteiger charge is -2.34. The molecule has 1 aliphatic carbocycles. The molecular formula is C12H26O3. The number of carbonyl (C=O) groups excluding carboxylic acids is 1. The van der Waals surface area contributed by atoms with Gasteiger partial charge in [0.1, 0.15) is 6.29 Å². The molecule has 15 heavy (non-hydrogen) atoms. The van der Waals surface area contributed by atoms with Crippen LogP contribution in [0.5, 0.6) is 0 Å². The van der Waals surface area contributed by atoms with Crippen molar-refractivity contribution < 1.29 is 15.0 Å². The van der Waals surface area contributed by atoms with E-state index in [9.17, 15) is 9.90 Å². The third-order valence-corrected chi connectivity index (χ3v) is 2.85. The molecule has 0 saturated heterocycles. The standard InChI is InChI=1S/C9H16O2.C2H6.CH4O/c1-8(11)9(7-10)5-3-2-4-6-9;2*1-2/h7-8,11H,2-6H2,1H3;1-2H3;2H,1H3. The van der Waals surface area contributed by atoms with E-state index < -0.39 is 11.5 Å². The highest BCUT2D eigenvalue weighted by Crippen LogP contribution is 2.37. The Morgan fingerprint density at radius 3 is 1.73 bits per heavy atom. The van der Waals surface area contributed by atoms with E-state index in [1.54, 1.807) is 6.92 Å². The molecule has 0 spiro atoms. The average Bonchev–Trinajstić information content (AvgIpc) is 2.35. The minimum atomic E-state index is -0.472. The lowest BCUT2D eigenvalue weighted by Crippen LogP contribution is -2.36. The first-order chi connectivity index (χ1) is 7.21. The number of carbonyl (C=O) groups is 1. The van der Waals surface area contributed by atoms with Gasteiger partial charge in [-0.15, -0.1) is 0 Å². The number of rotatable bonds is 2. The summed E-state index contributed by atoms with van der Waals surface area (Å²) in [5, 5.41) is 16.4. The molecule has 3 heteroatoms. The largest absolute Gasteiger partial charge is 0.400 e. The van der Waals surface area contributed by atoms with E-state index in [0.29, 0.717) is 0 Å². The van der Waals surface area contributed by atoms with Crippen LogP contribution in [0.3, 0.4) is 0 Å². The molecule has 0 aliphatic heterocycles. The van der Waals surface area contributed by atoms with Crippen LogP contribution in [-0.4, -0.2) is 29.7 Å². The average molecular weight is 218 g/mol. The lowest BCUT2D eigenvalue weighted by molar-refractivity contribution is -0.124. The zero-order valence-corrected chi connectivity index (χ0v) is 10.5. The Bertz CT molecular complexity index is 138. The molecule has 1 saturated carbocycles. The highest BCUT2D eigenvalue weighted by Gasteiger charge is 2.36. The third kappa shape index (κ3) is 5.28. The van der Waals surface area contributed by atoms with Gasteiger partial charge >= 0.3 is 0 Å². The van der Waals surface area contributed by atoms with Gasteiger partial charge in [-0.05, 0) is 19.8 Å². The molecule has 0 aromatic rings. The minimum absolute atomic E-state index is 0.405. The quantitative estimate of drug-likeness (QED) is 0.698. The molecule has 1 atom stereocenters. The summed E-state index contributed by atoms with van der Waals surface area (Å²) in [7, 11) is 1.00. The van der Waals surface area contributed by atoms with Crippen LogP contribution in [0, 0.1) is 5.41 Å². The molecule has 0 heterocycles. The van der Waals surface area contributed by atoms with Crippen LogP contribution in [0.15, 0.2) is 0 Å². The van der Waals surface area contributed by atoms with Gasteiger partial charge in [-0.25, -0.2) is 0 Å². The minimum Gasteiger partial charge on any atom is -0.400 e. The van der Waals surface area contributed by atoms with Crippen molar-refractivity contribution in [3.05, 3.63) is 0 Å². The van der Waals surface area contributed by atoms with E-state index in [0.717, 1.165) is 39.1 Å². The molecule has 1 aliphatic rings. The second-order valence-electron chi connectivity index (χ2n) is 3.59. The van der Waals surface area contributed by atoms with Gasteiger partial charge in [0.05, 0.1) is 11.5 Å². The van der Waals surface area contributed by atoms with Crippen LogP contribution in [0.1, 0.15) is 52.9 Å². The summed E-state index contributed by atoms with van der Waals surface area (Å²) in [6.45, 7) is 5.72. The first kappa shape index (κ1) is 17.0. The van der Waals surface area contributed by atoms with Gasteiger partial charge in [0.15, 0.2) is 0 Å². The maximum atomic E-state index is 10.8. The highest BCUT2D eigenvalue weighted by molar-refractivity contribution is 5.60. The summed E-state index contributed by atoms with van der Waals surface area (Å²) in [6, 6.07) is 0. The van der Waals surface area contributed by atoms with Crippen molar-refractivity contribution in [1.82, 2.24) is 0 Å². The normalized spacial score (nSPS) is 19.9. The van der Waals surface area contributed by atoms with Gasteiger partial charge in [-0.1, -0.05) is 33.1 Å². The number of aldehydes is 1. The van der Waals surface area contributed by atoms with Crippen molar-refractivity contribution in [1.29, 1.82) is 0 Å². The number of aliphatic hydroxyl groups excluding tert-OH is 2. The summed E-state index contributed by atoms with van der Waals surface area (Å²) in [4.78, 5) is 10.8.